The lowest BCUT2D eigenvalue weighted by molar-refractivity contribution is 0.112. The third-order valence-electron chi connectivity index (χ3n) is 1.82. The van der Waals surface area contributed by atoms with Crippen molar-refractivity contribution < 1.29 is 9.90 Å². The minimum absolute atomic E-state index is 0.0186. The molecular formula is C9H5ClN2O2. The molecule has 0 aliphatic heterocycles. The number of nitrogens with zero attached hydrogens (tertiary/aromatic N) is 2. The molecule has 2 rings (SSSR count). The van der Waals surface area contributed by atoms with Crippen molar-refractivity contribution in [1.82, 2.24) is 9.97 Å². The van der Waals surface area contributed by atoms with Crippen LogP contribution in [0.15, 0.2) is 18.2 Å². The van der Waals surface area contributed by atoms with Crippen LogP contribution in [-0.4, -0.2) is 21.4 Å². The fourth-order valence-corrected chi connectivity index (χ4v) is 1.40. The molecule has 4 nitrogen and oxygen atoms in total. The monoisotopic (exact) mass is 208 g/mol. The van der Waals surface area contributed by atoms with Crippen molar-refractivity contribution in [2.24, 2.45) is 0 Å². The Morgan fingerprint density at radius 3 is 2.86 bits per heavy atom. The van der Waals surface area contributed by atoms with E-state index in [0.717, 1.165) is 0 Å². The molecule has 1 heterocycles. The number of carbonyl (C=O) groups excluding carboxylic acids is 1. The molecule has 0 saturated carbocycles. The van der Waals surface area contributed by atoms with Gasteiger partial charge in [-0.3, -0.25) is 4.79 Å². The Morgan fingerprint density at radius 2 is 2.14 bits per heavy atom. The first-order valence-corrected chi connectivity index (χ1v) is 4.20. The Balaban J connectivity index is 2.94. The molecule has 0 unspecified atom stereocenters. The molecule has 0 fully saturated rings. The van der Waals surface area contributed by atoms with Gasteiger partial charge in [0.2, 0.25) is 5.28 Å². The van der Waals surface area contributed by atoms with E-state index >= 15 is 0 Å². The van der Waals surface area contributed by atoms with Crippen molar-refractivity contribution >= 4 is 28.8 Å². The van der Waals surface area contributed by atoms with Gasteiger partial charge >= 0.3 is 0 Å². The van der Waals surface area contributed by atoms with Crippen LogP contribution in [0, 0.1) is 0 Å². The molecule has 0 saturated heterocycles. The standard InChI is InChI=1S/C9H5ClN2O2/c10-9-11-6(4-13)5-2-1-3-7(14)8(5)12-9/h1-4,14H. The summed E-state index contributed by atoms with van der Waals surface area (Å²) in [6.07, 6.45) is 0.579. The number of para-hydroxylation sites is 1. The number of aromatic hydroxyl groups is 1. The smallest absolute Gasteiger partial charge is 0.223 e. The van der Waals surface area contributed by atoms with Crippen LogP contribution in [0.25, 0.3) is 10.9 Å². The van der Waals surface area contributed by atoms with Gasteiger partial charge in [-0.15, -0.1) is 0 Å². The zero-order valence-corrected chi connectivity index (χ0v) is 7.69. The molecule has 14 heavy (non-hydrogen) atoms. The van der Waals surface area contributed by atoms with E-state index in [2.05, 4.69) is 9.97 Å². The Bertz CT molecular complexity index is 513. The molecular weight excluding hydrogens is 204 g/mol. The third-order valence-corrected chi connectivity index (χ3v) is 1.99. The highest BCUT2D eigenvalue weighted by Gasteiger charge is 2.08. The van der Waals surface area contributed by atoms with E-state index in [1.807, 2.05) is 0 Å². The number of rotatable bonds is 1. The maximum atomic E-state index is 10.7. The topological polar surface area (TPSA) is 63.1 Å². The highest BCUT2D eigenvalue weighted by molar-refractivity contribution is 6.28. The van der Waals surface area contributed by atoms with Crippen LogP contribution in [-0.2, 0) is 0 Å². The van der Waals surface area contributed by atoms with Gasteiger partial charge in [-0.1, -0.05) is 12.1 Å². The molecule has 0 atom stereocenters. The predicted molar refractivity (Wildman–Crippen MR) is 51.6 cm³/mol. The summed E-state index contributed by atoms with van der Waals surface area (Å²) in [5, 5.41) is 9.89. The number of phenols is 1. The molecule has 2 aromatic rings. The summed E-state index contributed by atoms with van der Waals surface area (Å²) in [6.45, 7) is 0. The van der Waals surface area contributed by atoms with E-state index in [1.54, 1.807) is 12.1 Å². The Hall–Kier alpha value is -1.68. The van der Waals surface area contributed by atoms with Gasteiger partial charge in [-0.25, -0.2) is 9.97 Å². The quantitative estimate of drug-likeness (QED) is 0.573. The zero-order chi connectivity index (χ0) is 10.1. The predicted octanol–water partition coefficient (Wildman–Crippen LogP) is 1.80. The number of benzene rings is 1. The number of carbonyl (C=O) groups is 1. The minimum atomic E-state index is -0.0545. The number of aldehydes is 1. The fraction of sp³-hybridized carbons (Fsp3) is 0. The summed E-state index contributed by atoms with van der Waals surface area (Å²) in [5.74, 6) is -0.0186. The van der Waals surface area contributed by atoms with Gasteiger partial charge in [0.05, 0.1) is 0 Å². The van der Waals surface area contributed by atoms with Gasteiger partial charge in [-0.05, 0) is 17.7 Å². The SMILES string of the molecule is O=Cc1nc(Cl)nc2c(O)cccc12. The van der Waals surface area contributed by atoms with Crippen molar-refractivity contribution in [3.63, 3.8) is 0 Å². The first-order chi connectivity index (χ1) is 6.72. The van der Waals surface area contributed by atoms with E-state index in [0.29, 0.717) is 11.7 Å². The van der Waals surface area contributed by atoms with E-state index in [-0.39, 0.29) is 22.2 Å². The average Bonchev–Trinajstić information content (AvgIpc) is 2.18. The highest BCUT2D eigenvalue weighted by atomic mass is 35.5. The first-order valence-electron chi connectivity index (χ1n) is 3.83. The molecule has 0 bridgehead atoms. The number of phenolic OH excluding ortho intramolecular Hbond substituents is 1. The van der Waals surface area contributed by atoms with Gasteiger partial charge in [0.25, 0.3) is 0 Å². The molecule has 1 aromatic carbocycles. The Kier molecular flexibility index (Phi) is 2.05. The molecule has 0 amide bonds. The second-order valence-corrected chi connectivity index (χ2v) is 3.01. The zero-order valence-electron chi connectivity index (χ0n) is 6.94. The van der Waals surface area contributed by atoms with E-state index < -0.39 is 0 Å². The molecule has 5 heteroatoms. The van der Waals surface area contributed by atoms with Gasteiger partial charge in [0.15, 0.2) is 6.29 Å². The molecule has 0 aliphatic carbocycles. The van der Waals surface area contributed by atoms with Crippen molar-refractivity contribution in [2.45, 2.75) is 0 Å². The normalized spacial score (nSPS) is 10.4. The molecule has 0 radical (unpaired) electrons. The van der Waals surface area contributed by atoms with Crippen LogP contribution in [0.4, 0.5) is 0 Å². The van der Waals surface area contributed by atoms with E-state index in [1.165, 1.54) is 6.07 Å². The largest absolute Gasteiger partial charge is 0.506 e. The van der Waals surface area contributed by atoms with Crippen LogP contribution in [0.3, 0.4) is 0 Å². The molecule has 1 N–H and O–H groups in total. The maximum absolute atomic E-state index is 10.7. The molecule has 70 valence electrons. The van der Waals surface area contributed by atoms with E-state index in [9.17, 15) is 9.90 Å². The minimum Gasteiger partial charge on any atom is -0.506 e. The third kappa shape index (κ3) is 1.29. The summed E-state index contributed by atoms with van der Waals surface area (Å²) < 4.78 is 0. The summed E-state index contributed by atoms with van der Waals surface area (Å²) in [6, 6.07) is 4.73. The molecule has 0 aliphatic rings. The number of fused-ring (bicyclic) bond motifs is 1. The number of hydrogen-bond acceptors (Lipinski definition) is 4. The first kappa shape index (κ1) is 8.90. The van der Waals surface area contributed by atoms with Crippen LogP contribution >= 0.6 is 11.6 Å². The summed E-state index contributed by atoms with van der Waals surface area (Å²) in [4.78, 5) is 18.2. The van der Waals surface area contributed by atoms with Gasteiger partial charge in [0.1, 0.15) is 17.0 Å². The second-order valence-electron chi connectivity index (χ2n) is 2.67. The lowest BCUT2D eigenvalue weighted by Gasteiger charge is -2.01. The van der Waals surface area contributed by atoms with Gasteiger partial charge in [0, 0.05) is 5.39 Å². The van der Waals surface area contributed by atoms with Crippen molar-refractivity contribution in [2.75, 3.05) is 0 Å². The van der Waals surface area contributed by atoms with Crippen molar-refractivity contribution in [1.29, 1.82) is 0 Å². The van der Waals surface area contributed by atoms with Crippen LogP contribution in [0.2, 0.25) is 5.28 Å². The van der Waals surface area contributed by atoms with Crippen LogP contribution < -0.4 is 0 Å². The lowest BCUT2D eigenvalue weighted by Crippen LogP contribution is -1.93. The van der Waals surface area contributed by atoms with Crippen molar-refractivity contribution in [3.8, 4) is 5.75 Å². The number of aromatic nitrogens is 2. The fourth-order valence-electron chi connectivity index (χ4n) is 1.22. The average molecular weight is 209 g/mol. The molecule has 1 aromatic heterocycles. The van der Waals surface area contributed by atoms with Gasteiger partial charge < -0.3 is 5.11 Å². The van der Waals surface area contributed by atoms with Gasteiger partial charge in [-0.2, -0.15) is 0 Å². The summed E-state index contributed by atoms with van der Waals surface area (Å²) in [5.41, 5.74) is 0.463. The maximum Gasteiger partial charge on any atom is 0.223 e. The Morgan fingerprint density at radius 1 is 1.36 bits per heavy atom. The number of halogens is 1. The molecule has 0 spiro atoms. The van der Waals surface area contributed by atoms with Crippen LogP contribution in [0.1, 0.15) is 10.5 Å². The summed E-state index contributed by atoms with van der Waals surface area (Å²) >= 11 is 5.58. The van der Waals surface area contributed by atoms with Crippen molar-refractivity contribution in [3.05, 3.63) is 29.2 Å². The number of hydrogen-bond donors (Lipinski definition) is 1. The summed E-state index contributed by atoms with van der Waals surface area (Å²) in [7, 11) is 0. The van der Waals surface area contributed by atoms with E-state index in [4.69, 9.17) is 11.6 Å². The highest BCUT2D eigenvalue weighted by Crippen LogP contribution is 2.24. The lowest BCUT2D eigenvalue weighted by atomic mass is 10.2. The second kappa shape index (κ2) is 3.23. The van der Waals surface area contributed by atoms with Crippen LogP contribution in [0.5, 0.6) is 5.75 Å². The Labute approximate surface area is 84.2 Å².